The van der Waals surface area contributed by atoms with Gasteiger partial charge in [0.2, 0.25) is 0 Å². The lowest BCUT2D eigenvalue weighted by Crippen LogP contribution is -1.88. The van der Waals surface area contributed by atoms with E-state index in [1.54, 1.807) is 6.26 Å². The third-order valence-corrected chi connectivity index (χ3v) is 2.83. The maximum atomic E-state index is 8.73. The average molecular weight is 255 g/mol. The van der Waals surface area contributed by atoms with Gasteiger partial charge >= 0.3 is 0 Å². The molecule has 0 bridgehead atoms. The third kappa shape index (κ3) is 1.83. The van der Waals surface area contributed by atoms with E-state index in [2.05, 4.69) is 22.0 Å². The van der Waals surface area contributed by atoms with Crippen molar-refractivity contribution in [2.45, 2.75) is 12.8 Å². The Bertz CT molecular complexity index is 434. The van der Waals surface area contributed by atoms with Gasteiger partial charge in [-0.2, -0.15) is 0 Å². The molecule has 0 radical (unpaired) electrons. The van der Waals surface area contributed by atoms with Crippen molar-refractivity contribution in [3.05, 3.63) is 34.5 Å². The Kier molecular flexibility index (Phi) is 2.89. The molecule has 0 amide bonds. The highest BCUT2D eigenvalue weighted by Crippen LogP contribution is 2.27. The standard InChI is InChI=1S/C11H11BrO2/c12-10-7-14-11-4-3-8(2-1-5-13)6-9(10)11/h3-4,6-7,13H,1-2,5H2. The second kappa shape index (κ2) is 4.15. The van der Waals surface area contributed by atoms with E-state index in [0.717, 1.165) is 28.3 Å². The summed E-state index contributed by atoms with van der Waals surface area (Å²) in [6.45, 7) is 0.241. The number of aliphatic hydroxyl groups is 1. The molecule has 1 aromatic heterocycles. The van der Waals surface area contributed by atoms with E-state index in [9.17, 15) is 0 Å². The first kappa shape index (κ1) is 9.74. The summed E-state index contributed by atoms with van der Waals surface area (Å²) in [5.41, 5.74) is 2.12. The normalized spacial score (nSPS) is 11.0. The molecule has 0 aliphatic heterocycles. The summed E-state index contributed by atoms with van der Waals surface area (Å²) in [6.07, 6.45) is 3.41. The van der Waals surface area contributed by atoms with Crippen molar-refractivity contribution in [3.63, 3.8) is 0 Å². The maximum Gasteiger partial charge on any atom is 0.135 e. The minimum absolute atomic E-state index is 0.241. The van der Waals surface area contributed by atoms with Gasteiger partial charge in [-0.1, -0.05) is 6.07 Å². The first-order valence-corrected chi connectivity index (χ1v) is 5.37. The van der Waals surface area contributed by atoms with Crippen LogP contribution in [0.3, 0.4) is 0 Å². The Morgan fingerprint density at radius 1 is 1.36 bits per heavy atom. The van der Waals surface area contributed by atoms with Crippen molar-refractivity contribution < 1.29 is 9.52 Å². The summed E-state index contributed by atoms with van der Waals surface area (Å²) in [7, 11) is 0. The van der Waals surface area contributed by atoms with Crippen LogP contribution >= 0.6 is 15.9 Å². The molecule has 0 fully saturated rings. The average Bonchev–Trinajstić information content (AvgIpc) is 2.57. The van der Waals surface area contributed by atoms with Gasteiger partial charge in [-0.25, -0.2) is 0 Å². The Labute approximate surface area is 90.7 Å². The molecule has 14 heavy (non-hydrogen) atoms. The number of benzene rings is 1. The maximum absolute atomic E-state index is 8.73. The van der Waals surface area contributed by atoms with Crippen LogP contribution in [0.4, 0.5) is 0 Å². The molecular formula is C11H11BrO2. The Hall–Kier alpha value is -0.800. The van der Waals surface area contributed by atoms with E-state index in [4.69, 9.17) is 9.52 Å². The van der Waals surface area contributed by atoms with Crippen molar-refractivity contribution in [1.29, 1.82) is 0 Å². The fourth-order valence-electron chi connectivity index (χ4n) is 1.48. The van der Waals surface area contributed by atoms with E-state index < -0.39 is 0 Å². The van der Waals surface area contributed by atoms with Crippen LogP contribution < -0.4 is 0 Å². The van der Waals surface area contributed by atoms with Crippen LogP contribution in [-0.2, 0) is 6.42 Å². The van der Waals surface area contributed by atoms with E-state index in [1.165, 1.54) is 5.56 Å². The predicted octanol–water partition coefficient (Wildman–Crippen LogP) is 3.12. The zero-order chi connectivity index (χ0) is 9.97. The Morgan fingerprint density at radius 2 is 2.21 bits per heavy atom. The quantitative estimate of drug-likeness (QED) is 0.914. The monoisotopic (exact) mass is 254 g/mol. The van der Waals surface area contributed by atoms with Gasteiger partial charge in [0.1, 0.15) is 11.8 Å². The van der Waals surface area contributed by atoms with Crippen molar-refractivity contribution in [3.8, 4) is 0 Å². The number of halogens is 1. The molecule has 0 saturated carbocycles. The molecule has 2 nitrogen and oxygen atoms in total. The molecule has 74 valence electrons. The number of hydrogen-bond acceptors (Lipinski definition) is 2. The first-order valence-electron chi connectivity index (χ1n) is 4.58. The molecule has 0 aliphatic carbocycles. The van der Waals surface area contributed by atoms with Gasteiger partial charge in [-0.05, 0) is 46.5 Å². The SMILES string of the molecule is OCCCc1ccc2occ(Br)c2c1. The second-order valence-corrected chi connectivity index (χ2v) is 4.10. The number of fused-ring (bicyclic) bond motifs is 1. The molecule has 0 unspecified atom stereocenters. The highest BCUT2D eigenvalue weighted by Gasteiger charge is 2.03. The van der Waals surface area contributed by atoms with Crippen LogP contribution in [0.15, 0.2) is 33.4 Å². The van der Waals surface area contributed by atoms with E-state index in [0.29, 0.717) is 0 Å². The Morgan fingerprint density at radius 3 is 3.00 bits per heavy atom. The lowest BCUT2D eigenvalue weighted by atomic mass is 10.1. The van der Waals surface area contributed by atoms with Gasteiger partial charge in [0, 0.05) is 12.0 Å². The summed E-state index contributed by atoms with van der Waals surface area (Å²) in [5.74, 6) is 0. The van der Waals surface area contributed by atoms with Crippen molar-refractivity contribution in [2.24, 2.45) is 0 Å². The second-order valence-electron chi connectivity index (χ2n) is 3.24. The van der Waals surface area contributed by atoms with Gasteiger partial charge in [0.05, 0.1) is 4.47 Å². The van der Waals surface area contributed by atoms with Gasteiger partial charge in [-0.3, -0.25) is 0 Å². The number of furan rings is 1. The van der Waals surface area contributed by atoms with Crippen LogP contribution in [0.2, 0.25) is 0 Å². The predicted molar refractivity (Wildman–Crippen MR) is 59.3 cm³/mol. The number of aryl methyl sites for hydroxylation is 1. The molecule has 1 heterocycles. The smallest absolute Gasteiger partial charge is 0.135 e. The summed E-state index contributed by atoms with van der Waals surface area (Å²) in [6, 6.07) is 6.10. The highest BCUT2D eigenvalue weighted by molar-refractivity contribution is 9.10. The van der Waals surface area contributed by atoms with Gasteiger partial charge < -0.3 is 9.52 Å². The fourth-order valence-corrected chi connectivity index (χ4v) is 1.89. The van der Waals surface area contributed by atoms with E-state index in [1.807, 2.05) is 12.1 Å². The first-order chi connectivity index (χ1) is 6.81. The van der Waals surface area contributed by atoms with Crippen LogP contribution in [0.5, 0.6) is 0 Å². The summed E-state index contributed by atoms with van der Waals surface area (Å²) in [5, 5.41) is 9.83. The van der Waals surface area contributed by atoms with Crippen LogP contribution in [0, 0.1) is 0 Å². The third-order valence-electron chi connectivity index (χ3n) is 2.21. The minimum Gasteiger partial charge on any atom is -0.463 e. The lowest BCUT2D eigenvalue weighted by molar-refractivity contribution is 0.288. The van der Waals surface area contributed by atoms with Gasteiger partial charge in [-0.15, -0.1) is 0 Å². The van der Waals surface area contributed by atoms with Gasteiger partial charge in [0.15, 0.2) is 0 Å². The molecule has 3 heteroatoms. The van der Waals surface area contributed by atoms with Crippen molar-refractivity contribution >= 4 is 26.9 Å². The molecule has 0 saturated heterocycles. The topological polar surface area (TPSA) is 33.4 Å². The molecule has 0 spiro atoms. The summed E-state index contributed by atoms with van der Waals surface area (Å²) >= 11 is 3.43. The van der Waals surface area contributed by atoms with E-state index in [-0.39, 0.29) is 6.61 Å². The largest absolute Gasteiger partial charge is 0.463 e. The highest BCUT2D eigenvalue weighted by atomic mass is 79.9. The molecule has 1 N–H and O–H groups in total. The molecular weight excluding hydrogens is 244 g/mol. The minimum atomic E-state index is 0.241. The zero-order valence-corrected chi connectivity index (χ0v) is 9.25. The van der Waals surface area contributed by atoms with Crippen molar-refractivity contribution in [2.75, 3.05) is 6.61 Å². The molecule has 1 aromatic carbocycles. The number of aliphatic hydroxyl groups excluding tert-OH is 1. The molecule has 0 aliphatic rings. The van der Waals surface area contributed by atoms with Gasteiger partial charge in [0.25, 0.3) is 0 Å². The molecule has 2 aromatic rings. The summed E-state index contributed by atoms with van der Waals surface area (Å²) < 4.78 is 6.30. The number of rotatable bonds is 3. The van der Waals surface area contributed by atoms with Crippen LogP contribution in [-0.4, -0.2) is 11.7 Å². The lowest BCUT2D eigenvalue weighted by Gasteiger charge is -1.99. The summed E-state index contributed by atoms with van der Waals surface area (Å²) in [4.78, 5) is 0. The van der Waals surface area contributed by atoms with Crippen LogP contribution in [0.1, 0.15) is 12.0 Å². The van der Waals surface area contributed by atoms with E-state index >= 15 is 0 Å². The molecule has 0 atom stereocenters. The zero-order valence-electron chi connectivity index (χ0n) is 7.66. The number of hydrogen-bond donors (Lipinski definition) is 1. The Balaban J connectivity index is 2.34. The van der Waals surface area contributed by atoms with Crippen LogP contribution in [0.25, 0.3) is 11.0 Å². The van der Waals surface area contributed by atoms with Crippen molar-refractivity contribution in [1.82, 2.24) is 0 Å². The molecule has 2 rings (SSSR count). The fraction of sp³-hybridized carbons (Fsp3) is 0.273.